The molecule has 0 radical (unpaired) electrons. The highest BCUT2D eigenvalue weighted by atomic mass is 32.2. The van der Waals surface area contributed by atoms with Gasteiger partial charge in [0.2, 0.25) is 10.0 Å². The van der Waals surface area contributed by atoms with Crippen LogP contribution in [0.4, 0.5) is 4.39 Å². The largest absolute Gasteiger partial charge is 0.311 e. The summed E-state index contributed by atoms with van der Waals surface area (Å²) in [5, 5.41) is 11.5. The molecule has 0 aromatic heterocycles. The van der Waals surface area contributed by atoms with Crippen LogP contribution in [0.1, 0.15) is 11.1 Å². The fraction of sp³-hybridized carbons (Fsp3) is 0.364. The van der Waals surface area contributed by atoms with Crippen molar-refractivity contribution in [3.8, 4) is 6.07 Å². The predicted molar refractivity (Wildman–Crippen MR) is 65.7 cm³/mol. The first-order valence-corrected chi connectivity index (χ1v) is 7.15. The number of nitriles is 1. The highest BCUT2D eigenvalue weighted by Crippen LogP contribution is 2.09. The second kappa shape index (κ2) is 6.44. The number of hydrogen-bond acceptors (Lipinski definition) is 4. The first kappa shape index (κ1) is 14.6. The molecule has 0 unspecified atom stereocenters. The van der Waals surface area contributed by atoms with Gasteiger partial charge in [-0.3, -0.25) is 0 Å². The molecular formula is C11H14FN3O2S. The van der Waals surface area contributed by atoms with Crippen molar-refractivity contribution in [3.05, 3.63) is 35.1 Å². The van der Waals surface area contributed by atoms with Crippen LogP contribution in [0.3, 0.4) is 0 Å². The van der Waals surface area contributed by atoms with Gasteiger partial charge in [0.05, 0.1) is 17.9 Å². The molecule has 0 aliphatic rings. The zero-order valence-corrected chi connectivity index (χ0v) is 10.7. The van der Waals surface area contributed by atoms with E-state index in [0.29, 0.717) is 12.1 Å². The minimum atomic E-state index is -3.19. The molecule has 0 amide bonds. The molecule has 1 aromatic rings. The van der Waals surface area contributed by atoms with Gasteiger partial charge in [0.1, 0.15) is 5.82 Å². The fourth-order valence-corrected chi connectivity index (χ4v) is 1.78. The van der Waals surface area contributed by atoms with E-state index in [4.69, 9.17) is 5.26 Å². The van der Waals surface area contributed by atoms with Gasteiger partial charge in [-0.1, -0.05) is 6.07 Å². The van der Waals surface area contributed by atoms with Crippen LogP contribution in [-0.4, -0.2) is 27.8 Å². The number of rotatable bonds is 6. The van der Waals surface area contributed by atoms with Crippen molar-refractivity contribution in [1.82, 2.24) is 10.0 Å². The first-order chi connectivity index (χ1) is 8.42. The van der Waals surface area contributed by atoms with Crippen LogP contribution in [0, 0.1) is 17.1 Å². The van der Waals surface area contributed by atoms with Crippen molar-refractivity contribution >= 4 is 10.0 Å². The molecular weight excluding hydrogens is 257 g/mol. The Labute approximate surface area is 106 Å². The predicted octanol–water partition coefficient (Wildman–Crippen LogP) is 0.336. The van der Waals surface area contributed by atoms with E-state index in [2.05, 4.69) is 10.0 Å². The summed E-state index contributed by atoms with van der Waals surface area (Å²) in [5.41, 5.74) is 0.711. The van der Waals surface area contributed by atoms with Crippen LogP contribution >= 0.6 is 0 Å². The normalized spacial score (nSPS) is 11.2. The number of sulfonamides is 1. The van der Waals surface area contributed by atoms with Crippen molar-refractivity contribution in [2.45, 2.75) is 6.54 Å². The maximum absolute atomic E-state index is 13.4. The molecule has 98 valence electrons. The summed E-state index contributed by atoms with van der Waals surface area (Å²) in [4.78, 5) is 0. The lowest BCUT2D eigenvalue weighted by Gasteiger charge is -2.06. The summed E-state index contributed by atoms with van der Waals surface area (Å²) in [5.74, 6) is -0.447. The SMILES string of the molecule is CS(=O)(=O)NCCNCc1ccc(C#N)cc1F. The van der Waals surface area contributed by atoms with E-state index < -0.39 is 15.8 Å². The number of nitrogens with one attached hydrogen (secondary N) is 2. The monoisotopic (exact) mass is 271 g/mol. The molecule has 0 aliphatic carbocycles. The van der Waals surface area contributed by atoms with E-state index in [1.54, 1.807) is 0 Å². The minimum Gasteiger partial charge on any atom is -0.311 e. The average Bonchev–Trinajstić information content (AvgIpc) is 2.29. The van der Waals surface area contributed by atoms with Crippen molar-refractivity contribution in [3.63, 3.8) is 0 Å². The lowest BCUT2D eigenvalue weighted by molar-refractivity contribution is 0.572. The molecule has 1 aromatic carbocycles. The van der Waals surface area contributed by atoms with E-state index in [1.807, 2.05) is 6.07 Å². The first-order valence-electron chi connectivity index (χ1n) is 5.26. The van der Waals surface area contributed by atoms with Crippen LogP contribution in [0.2, 0.25) is 0 Å². The van der Waals surface area contributed by atoms with Crippen LogP contribution < -0.4 is 10.0 Å². The molecule has 0 saturated carbocycles. The molecule has 0 saturated heterocycles. The zero-order chi connectivity index (χ0) is 13.6. The number of hydrogen-bond donors (Lipinski definition) is 2. The quantitative estimate of drug-likeness (QED) is 0.731. The molecule has 7 heteroatoms. The summed E-state index contributed by atoms with van der Waals surface area (Å²) >= 11 is 0. The Balaban J connectivity index is 2.39. The zero-order valence-electron chi connectivity index (χ0n) is 9.90. The van der Waals surface area contributed by atoms with Gasteiger partial charge in [-0.25, -0.2) is 17.5 Å². The Morgan fingerprint density at radius 1 is 1.39 bits per heavy atom. The fourth-order valence-electron chi connectivity index (χ4n) is 1.31. The van der Waals surface area contributed by atoms with Gasteiger partial charge in [-0.15, -0.1) is 0 Å². The molecule has 2 N–H and O–H groups in total. The Bertz CT molecular complexity index is 552. The van der Waals surface area contributed by atoms with Crippen LogP contribution in [0.5, 0.6) is 0 Å². The summed E-state index contributed by atoms with van der Waals surface area (Å²) in [6.45, 7) is 0.923. The van der Waals surface area contributed by atoms with E-state index >= 15 is 0 Å². The van der Waals surface area contributed by atoms with Crippen molar-refractivity contribution in [2.24, 2.45) is 0 Å². The topological polar surface area (TPSA) is 82.0 Å². The minimum absolute atomic E-state index is 0.247. The van der Waals surface area contributed by atoms with Gasteiger partial charge >= 0.3 is 0 Å². The Morgan fingerprint density at radius 3 is 2.67 bits per heavy atom. The van der Waals surface area contributed by atoms with Gasteiger partial charge in [-0.05, 0) is 12.1 Å². The highest BCUT2D eigenvalue weighted by molar-refractivity contribution is 7.88. The third kappa shape index (κ3) is 5.23. The van der Waals surface area contributed by atoms with Gasteiger partial charge in [0.15, 0.2) is 0 Å². The molecule has 0 fully saturated rings. The molecule has 0 heterocycles. The summed E-state index contributed by atoms with van der Waals surface area (Å²) in [6.07, 6.45) is 1.08. The molecule has 18 heavy (non-hydrogen) atoms. The number of nitrogens with zero attached hydrogens (tertiary/aromatic N) is 1. The van der Waals surface area contributed by atoms with E-state index in [9.17, 15) is 12.8 Å². The number of halogens is 1. The van der Waals surface area contributed by atoms with E-state index in [1.165, 1.54) is 18.2 Å². The van der Waals surface area contributed by atoms with Crippen LogP contribution in [0.15, 0.2) is 18.2 Å². The van der Waals surface area contributed by atoms with Gasteiger partial charge in [-0.2, -0.15) is 5.26 Å². The highest BCUT2D eigenvalue weighted by Gasteiger charge is 2.03. The van der Waals surface area contributed by atoms with E-state index in [-0.39, 0.29) is 18.7 Å². The standard InChI is InChI=1S/C11H14FN3O2S/c1-18(16,17)15-5-4-14-8-10-3-2-9(7-13)6-11(10)12/h2-3,6,14-15H,4-5,8H2,1H3. The molecule has 0 bridgehead atoms. The molecule has 5 nitrogen and oxygen atoms in total. The Morgan fingerprint density at radius 2 is 2.11 bits per heavy atom. The van der Waals surface area contributed by atoms with Gasteiger partial charge in [0.25, 0.3) is 0 Å². The third-order valence-electron chi connectivity index (χ3n) is 2.16. The Hall–Kier alpha value is -1.49. The molecule has 0 atom stereocenters. The molecule has 0 spiro atoms. The second-order valence-corrected chi connectivity index (χ2v) is 5.59. The third-order valence-corrected chi connectivity index (χ3v) is 2.89. The van der Waals surface area contributed by atoms with Crippen molar-refractivity contribution < 1.29 is 12.8 Å². The van der Waals surface area contributed by atoms with Gasteiger partial charge < -0.3 is 5.32 Å². The smallest absolute Gasteiger partial charge is 0.208 e. The van der Waals surface area contributed by atoms with E-state index in [0.717, 1.165) is 6.26 Å². The summed E-state index contributed by atoms with van der Waals surface area (Å²) in [7, 11) is -3.19. The van der Waals surface area contributed by atoms with Gasteiger partial charge in [0, 0.05) is 25.2 Å². The lowest BCUT2D eigenvalue weighted by atomic mass is 10.1. The summed E-state index contributed by atoms with van der Waals surface area (Å²) < 4.78 is 37.3. The van der Waals surface area contributed by atoms with Crippen LogP contribution in [0.25, 0.3) is 0 Å². The Kier molecular flexibility index (Phi) is 5.22. The van der Waals surface area contributed by atoms with Crippen LogP contribution in [-0.2, 0) is 16.6 Å². The molecule has 1 rings (SSSR count). The summed E-state index contributed by atoms with van der Waals surface area (Å²) in [6, 6.07) is 6.09. The average molecular weight is 271 g/mol. The van der Waals surface area contributed by atoms with Crippen molar-refractivity contribution in [2.75, 3.05) is 19.3 Å². The lowest BCUT2D eigenvalue weighted by Crippen LogP contribution is -2.30. The number of benzene rings is 1. The van der Waals surface area contributed by atoms with Crippen molar-refractivity contribution in [1.29, 1.82) is 5.26 Å². The maximum atomic E-state index is 13.4. The maximum Gasteiger partial charge on any atom is 0.208 e. The molecule has 0 aliphatic heterocycles. The second-order valence-electron chi connectivity index (χ2n) is 3.76.